The summed E-state index contributed by atoms with van der Waals surface area (Å²) in [6.07, 6.45) is 1.29. The van der Waals surface area contributed by atoms with Gasteiger partial charge in [-0.05, 0) is 85.3 Å². The monoisotopic (exact) mass is 576 g/mol. The first kappa shape index (κ1) is 28.4. The van der Waals surface area contributed by atoms with Crippen LogP contribution >= 0.6 is 23.2 Å². The van der Waals surface area contributed by atoms with E-state index in [2.05, 4.69) is 10.5 Å². The van der Waals surface area contributed by atoms with Gasteiger partial charge in [-0.1, -0.05) is 35.3 Å². The van der Waals surface area contributed by atoms with Crippen molar-refractivity contribution in [3.8, 4) is 17.2 Å². The first-order chi connectivity index (χ1) is 19.3. The standard InChI is InChI=1S/C30H22Cl2N2O6/c1-19-3-2-4-25(15-19)38-18-28(35)34-33-17-22-9-14-26(39-29(36)20-5-10-23(31)11-6-20)16-27(22)40-30(37)21-7-12-24(32)13-8-21/h2-17H,18H2,1H3,(H,34,35)/b33-17-. The maximum Gasteiger partial charge on any atom is 0.343 e. The molecule has 0 heterocycles. The molecule has 0 aliphatic carbocycles. The highest BCUT2D eigenvalue weighted by Crippen LogP contribution is 2.26. The van der Waals surface area contributed by atoms with Crippen molar-refractivity contribution in [3.05, 3.63) is 123 Å². The summed E-state index contributed by atoms with van der Waals surface area (Å²) in [7, 11) is 0. The molecule has 4 rings (SSSR count). The van der Waals surface area contributed by atoms with Crippen molar-refractivity contribution >= 4 is 47.3 Å². The number of amides is 1. The van der Waals surface area contributed by atoms with Gasteiger partial charge in [0.1, 0.15) is 17.2 Å². The molecule has 0 saturated heterocycles. The molecule has 4 aromatic rings. The fraction of sp³-hybridized carbons (Fsp3) is 0.0667. The number of nitrogens with one attached hydrogen (secondary N) is 1. The molecular weight excluding hydrogens is 555 g/mol. The summed E-state index contributed by atoms with van der Waals surface area (Å²) in [4.78, 5) is 37.5. The van der Waals surface area contributed by atoms with Crippen LogP contribution in [0.4, 0.5) is 0 Å². The van der Waals surface area contributed by atoms with Crippen molar-refractivity contribution in [2.45, 2.75) is 6.92 Å². The van der Waals surface area contributed by atoms with Crippen LogP contribution in [0, 0.1) is 6.92 Å². The number of esters is 2. The van der Waals surface area contributed by atoms with E-state index in [1.165, 1.54) is 48.7 Å². The van der Waals surface area contributed by atoms with Gasteiger partial charge in [0.05, 0.1) is 17.3 Å². The number of rotatable bonds is 9. The molecule has 0 bridgehead atoms. The first-order valence-corrected chi connectivity index (χ1v) is 12.6. The number of carbonyl (C=O) groups is 3. The van der Waals surface area contributed by atoms with Crippen molar-refractivity contribution in [1.82, 2.24) is 5.43 Å². The molecule has 0 aliphatic rings. The molecule has 10 heteroatoms. The van der Waals surface area contributed by atoms with E-state index >= 15 is 0 Å². The molecule has 0 unspecified atom stereocenters. The van der Waals surface area contributed by atoms with E-state index in [1.54, 1.807) is 36.4 Å². The molecule has 202 valence electrons. The van der Waals surface area contributed by atoms with Crippen LogP contribution in [0.1, 0.15) is 31.8 Å². The third-order valence-corrected chi connectivity index (χ3v) is 5.81. The van der Waals surface area contributed by atoms with Gasteiger partial charge in [-0.25, -0.2) is 15.0 Å². The molecule has 1 amide bonds. The first-order valence-electron chi connectivity index (χ1n) is 11.9. The fourth-order valence-corrected chi connectivity index (χ4v) is 3.58. The molecule has 40 heavy (non-hydrogen) atoms. The zero-order chi connectivity index (χ0) is 28.5. The van der Waals surface area contributed by atoms with Crippen LogP contribution in [0.2, 0.25) is 10.0 Å². The van der Waals surface area contributed by atoms with Gasteiger partial charge in [-0.15, -0.1) is 0 Å². The molecule has 0 fully saturated rings. The summed E-state index contributed by atoms with van der Waals surface area (Å²) >= 11 is 11.8. The van der Waals surface area contributed by atoms with E-state index in [0.717, 1.165) is 5.56 Å². The average molecular weight is 577 g/mol. The lowest BCUT2D eigenvalue weighted by Crippen LogP contribution is -2.24. The summed E-state index contributed by atoms with van der Waals surface area (Å²) in [6.45, 7) is 1.66. The second kappa shape index (κ2) is 13.4. The highest BCUT2D eigenvalue weighted by molar-refractivity contribution is 6.31. The average Bonchev–Trinajstić information content (AvgIpc) is 2.94. The van der Waals surface area contributed by atoms with Crippen LogP contribution in [-0.4, -0.2) is 30.7 Å². The number of carbonyl (C=O) groups excluding carboxylic acids is 3. The quantitative estimate of drug-likeness (QED) is 0.109. The number of ether oxygens (including phenoxy) is 3. The molecule has 0 radical (unpaired) electrons. The Morgan fingerprint density at radius 3 is 2.02 bits per heavy atom. The summed E-state index contributed by atoms with van der Waals surface area (Å²) in [5.74, 6) is -1.09. The van der Waals surface area contributed by atoms with Gasteiger partial charge in [0, 0.05) is 21.7 Å². The molecular formula is C30H22Cl2N2O6. The van der Waals surface area contributed by atoms with Crippen LogP contribution in [0.15, 0.2) is 96.1 Å². The Hall–Kier alpha value is -4.66. The lowest BCUT2D eigenvalue weighted by Gasteiger charge is -2.11. The Labute approximate surface area is 240 Å². The highest BCUT2D eigenvalue weighted by Gasteiger charge is 2.15. The molecule has 4 aromatic carbocycles. The topological polar surface area (TPSA) is 103 Å². The van der Waals surface area contributed by atoms with Crippen LogP contribution in [0.25, 0.3) is 0 Å². The fourth-order valence-electron chi connectivity index (χ4n) is 3.33. The van der Waals surface area contributed by atoms with Gasteiger partial charge in [0.15, 0.2) is 6.61 Å². The second-order valence-electron chi connectivity index (χ2n) is 8.39. The molecule has 0 atom stereocenters. The van der Waals surface area contributed by atoms with Gasteiger partial charge in [0.25, 0.3) is 5.91 Å². The molecule has 0 aliphatic heterocycles. The van der Waals surface area contributed by atoms with Gasteiger partial charge in [-0.2, -0.15) is 5.10 Å². The number of aryl methyl sites for hydroxylation is 1. The molecule has 0 spiro atoms. The van der Waals surface area contributed by atoms with Crippen LogP contribution in [0.3, 0.4) is 0 Å². The third kappa shape index (κ3) is 8.17. The van der Waals surface area contributed by atoms with Crippen molar-refractivity contribution in [2.24, 2.45) is 5.10 Å². The maximum absolute atomic E-state index is 12.8. The van der Waals surface area contributed by atoms with E-state index in [0.29, 0.717) is 21.4 Å². The second-order valence-corrected chi connectivity index (χ2v) is 9.26. The number of hydrazone groups is 1. The molecule has 0 saturated carbocycles. The predicted molar refractivity (Wildman–Crippen MR) is 152 cm³/mol. The summed E-state index contributed by atoms with van der Waals surface area (Å²) in [6, 6.07) is 24.0. The van der Waals surface area contributed by atoms with Gasteiger partial charge < -0.3 is 14.2 Å². The smallest absolute Gasteiger partial charge is 0.343 e. The molecule has 0 aromatic heterocycles. The summed E-state index contributed by atoms with van der Waals surface area (Å²) in [5.41, 5.74) is 4.22. The van der Waals surface area contributed by atoms with Crippen LogP contribution in [-0.2, 0) is 4.79 Å². The summed E-state index contributed by atoms with van der Waals surface area (Å²) in [5, 5.41) is 4.87. The largest absolute Gasteiger partial charge is 0.484 e. The predicted octanol–water partition coefficient (Wildman–Crippen LogP) is 6.27. The lowest BCUT2D eigenvalue weighted by molar-refractivity contribution is -0.123. The van der Waals surface area contributed by atoms with Gasteiger partial charge in [-0.3, -0.25) is 4.79 Å². The van der Waals surface area contributed by atoms with E-state index in [1.807, 2.05) is 19.1 Å². The Balaban J connectivity index is 1.48. The molecule has 1 N–H and O–H groups in total. The highest BCUT2D eigenvalue weighted by atomic mass is 35.5. The van der Waals surface area contributed by atoms with E-state index < -0.39 is 17.8 Å². The van der Waals surface area contributed by atoms with Crippen LogP contribution < -0.4 is 19.6 Å². The Morgan fingerprint density at radius 2 is 1.40 bits per heavy atom. The Bertz CT molecular complexity index is 1550. The van der Waals surface area contributed by atoms with Crippen molar-refractivity contribution in [2.75, 3.05) is 6.61 Å². The zero-order valence-corrected chi connectivity index (χ0v) is 22.6. The minimum absolute atomic E-state index is 0.0374. The molecule has 8 nitrogen and oxygen atoms in total. The van der Waals surface area contributed by atoms with Crippen LogP contribution in [0.5, 0.6) is 17.2 Å². The Morgan fingerprint density at radius 1 is 0.775 bits per heavy atom. The normalized spacial score (nSPS) is 10.7. The number of nitrogens with zero attached hydrogens (tertiary/aromatic N) is 1. The van der Waals surface area contributed by atoms with Crippen molar-refractivity contribution in [3.63, 3.8) is 0 Å². The number of hydrogen-bond donors (Lipinski definition) is 1. The Kier molecular flexibility index (Phi) is 9.51. The third-order valence-electron chi connectivity index (χ3n) is 5.31. The van der Waals surface area contributed by atoms with E-state index in [9.17, 15) is 14.4 Å². The van der Waals surface area contributed by atoms with Gasteiger partial charge in [0.2, 0.25) is 0 Å². The zero-order valence-electron chi connectivity index (χ0n) is 21.1. The van der Waals surface area contributed by atoms with E-state index in [4.69, 9.17) is 37.4 Å². The maximum atomic E-state index is 12.8. The lowest BCUT2D eigenvalue weighted by atomic mass is 10.2. The number of hydrogen-bond acceptors (Lipinski definition) is 7. The van der Waals surface area contributed by atoms with Crippen molar-refractivity contribution < 1.29 is 28.6 Å². The van der Waals surface area contributed by atoms with Crippen molar-refractivity contribution in [1.29, 1.82) is 0 Å². The number of benzene rings is 4. The van der Waals surface area contributed by atoms with E-state index in [-0.39, 0.29) is 29.2 Å². The number of halogens is 2. The van der Waals surface area contributed by atoms with Gasteiger partial charge >= 0.3 is 11.9 Å². The SMILES string of the molecule is Cc1cccc(OCC(=O)N/N=C\c2ccc(OC(=O)c3ccc(Cl)cc3)cc2OC(=O)c2ccc(Cl)cc2)c1. The minimum atomic E-state index is -0.678. The minimum Gasteiger partial charge on any atom is -0.484 e. The summed E-state index contributed by atoms with van der Waals surface area (Å²) < 4.78 is 16.5.